The van der Waals surface area contributed by atoms with Gasteiger partial charge in [-0.1, -0.05) is 12.1 Å². The van der Waals surface area contributed by atoms with Crippen molar-refractivity contribution in [1.29, 1.82) is 0 Å². The molecule has 1 aliphatic heterocycles. The number of ether oxygens (including phenoxy) is 1. The van der Waals surface area contributed by atoms with E-state index in [0.29, 0.717) is 23.5 Å². The molecule has 0 saturated carbocycles. The number of alkyl halides is 6. The summed E-state index contributed by atoms with van der Waals surface area (Å²) in [5.41, 5.74) is -3.37. The van der Waals surface area contributed by atoms with Crippen LogP contribution in [0.15, 0.2) is 54.7 Å². The van der Waals surface area contributed by atoms with E-state index in [2.05, 4.69) is 20.2 Å². The Morgan fingerprint density at radius 2 is 1.77 bits per heavy atom. The van der Waals surface area contributed by atoms with Crippen molar-refractivity contribution in [2.24, 2.45) is 0 Å². The third kappa shape index (κ3) is 5.92. The van der Waals surface area contributed by atoms with Gasteiger partial charge in [0, 0.05) is 11.8 Å². The summed E-state index contributed by atoms with van der Waals surface area (Å²) < 4.78 is 114. The maximum atomic E-state index is 14.3. The van der Waals surface area contributed by atoms with E-state index in [4.69, 9.17) is 4.74 Å². The minimum atomic E-state index is -5.13. The molecule has 43 heavy (non-hydrogen) atoms. The van der Waals surface area contributed by atoms with Crippen LogP contribution < -0.4 is 0 Å². The molecule has 3 heterocycles. The van der Waals surface area contributed by atoms with Crippen LogP contribution in [0, 0.1) is 11.6 Å². The average molecular weight is 609 g/mol. The van der Waals surface area contributed by atoms with E-state index in [1.165, 1.54) is 35.4 Å². The lowest BCUT2D eigenvalue weighted by molar-refractivity contribution is -0.149. The summed E-state index contributed by atoms with van der Waals surface area (Å²) in [5, 5.41) is 7.72. The lowest BCUT2D eigenvalue weighted by Crippen LogP contribution is -2.33. The molecule has 1 atom stereocenters. The van der Waals surface area contributed by atoms with Crippen LogP contribution in [0.4, 0.5) is 35.1 Å². The summed E-state index contributed by atoms with van der Waals surface area (Å²) in [6.45, 7) is 1.53. The highest BCUT2D eigenvalue weighted by atomic mass is 19.4. The van der Waals surface area contributed by atoms with Crippen LogP contribution in [0.2, 0.25) is 0 Å². The number of benzene rings is 2. The van der Waals surface area contributed by atoms with Crippen LogP contribution in [0.3, 0.4) is 0 Å². The van der Waals surface area contributed by atoms with Crippen molar-refractivity contribution in [3.05, 3.63) is 94.6 Å². The van der Waals surface area contributed by atoms with Crippen molar-refractivity contribution < 1.29 is 44.7 Å². The Morgan fingerprint density at radius 3 is 2.42 bits per heavy atom. The van der Waals surface area contributed by atoms with E-state index in [-0.39, 0.29) is 42.0 Å². The first-order chi connectivity index (χ1) is 20.3. The van der Waals surface area contributed by atoms with Gasteiger partial charge in [-0.2, -0.15) is 36.5 Å². The van der Waals surface area contributed by atoms with Gasteiger partial charge in [-0.25, -0.2) is 18.6 Å². The molecule has 5 rings (SSSR count). The first-order valence-corrected chi connectivity index (χ1v) is 12.5. The lowest BCUT2D eigenvalue weighted by Gasteiger charge is -2.30. The minimum absolute atomic E-state index is 0.00317. The Morgan fingerprint density at radius 1 is 1.00 bits per heavy atom. The minimum Gasteiger partial charge on any atom is -0.464 e. The summed E-state index contributed by atoms with van der Waals surface area (Å²) in [5.74, 6) is -2.90. The van der Waals surface area contributed by atoms with Crippen molar-refractivity contribution in [2.45, 2.75) is 31.9 Å². The van der Waals surface area contributed by atoms with Gasteiger partial charge < -0.3 is 14.6 Å². The number of aromatic nitrogens is 4. The molecule has 1 N–H and O–H groups in total. The molecule has 7 nitrogen and oxygen atoms in total. The number of carbonyl (C=O) groups is 1. The van der Waals surface area contributed by atoms with Crippen LogP contribution in [-0.4, -0.2) is 37.6 Å². The molecule has 2 aromatic heterocycles. The molecule has 15 heteroatoms. The van der Waals surface area contributed by atoms with Gasteiger partial charge in [-0.05, 0) is 49.4 Å². The molecule has 0 fully saturated rings. The normalized spacial score (nSPS) is 14.0. The Hall–Kier alpha value is -4.82. The number of rotatable bonds is 6. The van der Waals surface area contributed by atoms with Crippen LogP contribution in [0.1, 0.15) is 41.2 Å². The van der Waals surface area contributed by atoms with Gasteiger partial charge >= 0.3 is 18.3 Å². The van der Waals surface area contributed by atoms with E-state index >= 15 is 0 Å². The number of aromatic amines is 1. The summed E-state index contributed by atoms with van der Waals surface area (Å²) in [6.07, 6.45) is -7.15. The number of halogens is 8. The molecule has 0 spiro atoms. The molecule has 0 aliphatic carbocycles. The molecular weight excluding hydrogens is 590 g/mol. The standard InChI is InChI=1S/C28H19F8N5O2/c1-2-43-26(42)24(41-11-10-20-22(13-41)38-25(37-20)16-4-3-5-18(29)23(16)30)21-9-8-19(39-40-21)15-7-6-14(27(31,32)33)12-17(15)28(34,35)36/h3-12,24H,2,13H2,1H3,(H,37,38). The Labute approximate surface area is 237 Å². The number of imidazole rings is 1. The molecule has 224 valence electrons. The van der Waals surface area contributed by atoms with Crippen molar-refractivity contribution >= 4 is 12.0 Å². The van der Waals surface area contributed by atoms with E-state index in [1.54, 1.807) is 6.92 Å². The highest BCUT2D eigenvalue weighted by molar-refractivity contribution is 5.78. The second kappa shape index (κ2) is 11.1. The first kappa shape index (κ1) is 29.7. The fourth-order valence-electron chi connectivity index (χ4n) is 4.53. The number of hydrogen-bond acceptors (Lipinski definition) is 6. The SMILES string of the molecule is CCOC(=O)C(c1ccc(-c2ccc(C(F)(F)F)cc2C(F)(F)F)nn1)N1C=Cc2nc(-c3cccc(F)c3F)[nH]c2C1. The van der Waals surface area contributed by atoms with Gasteiger partial charge in [0.15, 0.2) is 17.7 Å². The summed E-state index contributed by atoms with van der Waals surface area (Å²) >= 11 is 0. The quantitative estimate of drug-likeness (QED) is 0.188. The second-order valence-electron chi connectivity index (χ2n) is 9.29. The Kier molecular flexibility index (Phi) is 7.67. The van der Waals surface area contributed by atoms with Gasteiger partial charge in [0.25, 0.3) is 0 Å². The number of fused-ring (bicyclic) bond motifs is 1. The summed E-state index contributed by atoms with van der Waals surface area (Å²) in [6, 6.07) is 5.84. The van der Waals surface area contributed by atoms with Crippen LogP contribution in [0.25, 0.3) is 28.7 Å². The van der Waals surface area contributed by atoms with Crippen LogP contribution >= 0.6 is 0 Å². The van der Waals surface area contributed by atoms with Gasteiger partial charge in [0.05, 0.1) is 52.6 Å². The second-order valence-corrected chi connectivity index (χ2v) is 9.29. The van der Waals surface area contributed by atoms with E-state index in [9.17, 15) is 39.9 Å². The molecule has 1 aliphatic rings. The van der Waals surface area contributed by atoms with Crippen LogP contribution in [0.5, 0.6) is 0 Å². The fraction of sp³-hybridized carbons (Fsp3) is 0.214. The molecule has 0 radical (unpaired) electrons. The predicted octanol–water partition coefficient (Wildman–Crippen LogP) is 6.94. The number of H-pyrrole nitrogens is 1. The number of nitrogens with one attached hydrogen (secondary N) is 1. The fourth-order valence-corrected chi connectivity index (χ4v) is 4.53. The molecular formula is C28H19F8N5O2. The number of nitrogens with zero attached hydrogens (tertiary/aromatic N) is 4. The number of esters is 1. The third-order valence-corrected chi connectivity index (χ3v) is 6.52. The van der Waals surface area contributed by atoms with Crippen molar-refractivity contribution in [1.82, 2.24) is 25.1 Å². The van der Waals surface area contributed by atoms with Gasteiger partial charge in [0.1, 0.15) is 5.82 Å². The molecule has 0 amide bonds. The Bertz CT molecular complexity index is 1700. The smallest absolute Gasteiger partial charge is 0.417 e. The molecule has 2 aromatic carbocycles. The van der Waals surface area contributed by atoms with E-state index in [0.717, 1.165) is 12.1 Å². The van der Waals surface area contributed by atoms with Crippen LogP contribution in [-0.2, 0) is 28.4 Å². The number of hydrogen-bond donors (Lipinski definition) is 1. The van der Waals surface area contributed by atoms with Crippen molar-refractivity contribution in [3.63, 3.8) is 0 Å². The molecule has 0 saturated heterocycles. The van der Waals surface area contributed by atoms with Gasteiger partial charge in [-0.15, -0.1) is 0 Å². The molecule has 1 unspecified atom stereocenters. The van der Waals surface area contributed by atoms with E-state index in [1.807, 2.05) is 0 Å². The zero-order chi connectivity index (χ0) is 31.1. The zero-order valence-electron chi connectivity index (χ0n) is 21.9. The van der Waals surface area contributed by atoms with Gasteiger partial charge in [0.2, 0.25) is 0 Å². The zero-order valence-corrected chi connectivity index (χ0v) is 21.9. The first-order valence-electron chi connectivity index (χ1n) is 12.5. The van der Waals surface area contributed by atoms with Crippen molar-refractivity contribution in [2.75, 3.05) is 6.61 Å². The largest absolute Gasteiger partial charge is 0.464 e. The number of carbonyl (C=O) groups excluding carboxylic acids is 1. The average Bonchev–Trinajstić information content (AvgIpc) is 3.37. The Balaban J connectivity index is 1.47. The lowest BCUT2D eigenvalue weighted by atomic mass is 10.00. The maximum Gasteiger partial charge on any atom is 0.417 e. The van der Waals surface area contributed by atoms with E-state index < -0.39 is 52.7 Å². The monoisotopic (exact) mass is 609 g/mol. The molecule has 0 bridgehead atoms. The topological polar surface area (TPSA) is 84.0 Å². The highest BCUT2D eigenvalue weighted by Gasteiger charge is 2.39. The summed E-state index contributed by atoms with van der Waals surface area (Å²) in [7, 11) is 0. The predicted molar refractivity (Wildman–Crippen MR) is 135 cm³/mol. The summed E-state index contributed by atoms with van der Waals surface area (Å²) in [4.78, 5) is 21.7. The highest BCUT2D eigenvalue weighted by Crippen LogP contribution is 2.40. The van der Waals surface area contributed by atoms with Gasteiger partial charge in [-0.3, -0.25) is 0 Å². The maximum absolute atomic E-state index is 14.3. The molecule has 4 aromatic rings. The van der Waals surface area contributed by atoms with Crippen molar-refractivity contribution in [3.8, 4) is 22.6 Å². The third-order valence-electron chi connectivity index (χ3n) is 6.52.